The van der Waals surface area contributed by atoms with E-state index in [1.54, 1.807) is 0 Å². The fourth-order valence-electron chi connectivity index (χ4n) is 0.858. The first kappa shape index (κ1) is 11.2. The van der Waals surface area contributed by atoms with Crippen LogP contribution in [0.1, 0.15) is 0 Å². The summed E-state index contributed by atoms with van der Waals surface area (Å²) in [7, 11) is -6.61. The Morgan fingerprint density at radius 2 is 1.57 bits per heavy atom. The van der Waals surface area contributed by atoms with Crippen molar-refractivity contribution in [1.82, 2.24) is 0 Å². The van der Waals surface area contributed by atoms with Gasteiger partial charge in [0.25, 0.3) is 0 Å². The largest absolute Gasteiger partial charge is 0.224 e. The van der Waals surface area contributed by atoms with E-state index in [9.17, 15) is 16.8 Å². The van der Waals surface area contributed by atoms with Crippen LogP contribution in [0, 0.1) is 6.07 Å². The third-order valence-electron chi connectivity index (χ3n) is 1.58. The lowest BCUT2D eigenvalue weighted by molar-refractivity contribution is 0.598. The molecule has 0 unspecified atom stereocenters. The van der Waals surface area contributed by atoms with Crippen LogP contribution < -0.4 is 0 Å². The second-order valence-electron chi connectivity index (χ2n) is 2.93. The summed E-state index contributed by atoms with van der Waals surface area (Å²) in [5.41, 5.74) is 0. The zero-order valence-electron chi connectivity index (χ0n) is 7.68. The van der Waals surface area contributed by atoms with Gasteiger partial charge in [-0.2, -0.15) is 0 Å². The van der Waals surface area contributed by atoms with Crippen molar-refractivity contribution >= 4 is 19.7 Å². The monoisotopic (exact) mass is 233 g/mol. The number of sulfone groups is 2. The molecular formula is C8H9O4S2. The third kappa shape index (κ3) is 2.55. The van der Waals surface area contributed by atoms with E-state index >= 15 is 0 Å². The summed E-state index contributed by atoms with van der Waals surface area (Å²) in [4.78, 5) is 0.0507. The molecule has 1 radical (unpaired) electrons. The molecule has 0 aliphatic rings. The van der Waals surface area contributed by atoms with Gasteiger partial charge in [0.15, 0.2) is 19.7 Å². The van der Waals surface area contributed by atoms with Crippen molar-refractivity contribution in [2.75, 3.05) is 12.5 Å². The summed E-state index contributed by atoms with van der Waals surface area (Å²) in [6, 6.07) is 6.05. The molecule has 0 atom stereocenters. The highest BCUT2D eigenvalue weighted by molar-refractivity contribution is 7.91. The van der Waals surface area contributed by atoms with Crippen LogP contribution in [0.25, 0.3) is 0 Å². The molecule has 14 heavy (non-hydrogen) atoms. The normalized spacial score (nSPS) is 12.7. The van der Waals surface area contributed by atoms with Gasteiger partial charge in [-0.05, 0) is 18.2 Å². The van der Waals surface area contributed by atoms with Gasteiger partial charge < -0.3 is 0 Å². The first-order chi connectivity index (χ1) is 6.21. The van der Waals surface area contributed by atoms with Gasteiger partial charge in [-0.25, -0.2) is 16.8 Å². The van der Waals surface area contributed by atoms with E-state index in [0.29, 0.717) is 0 Å². The number of rotatable bonds is 2. The lowest BCUT2D eigenvalue weighted by Gasteiger charge is -1.99. The average Bonchev–Trinajstić information content (AvgIpc) is 2.01. The SMILES string of the molecule is CS(=O)(=O)c1[c]cc(S(C)(=O)=O)cc1. The van der Waals surface area contributed by atoms with Crippen molar-refractivity contribution in [3.8, 4) is 0 Å². The molecule has 0 aliphatic carbocycles. The van der Waals surface area contributed by atoms with Gasteiger partial charge >= 0.3 is 0 Å². The summed E-state index contributed by atoms with van der Waals surface area (Å²) in [6.45, 7) is 0. The second-order valence-corrected chi connectivity index (χ2v) is 6.93. The molecule has 1 aromatic rings. The van der Waals surface area contributed by atoms with Crippen LogP contribution in [0.5, 0.6) is 0 Å². The minimum atomic E-state index is -3.32. The summed E-state index contributed by atoms with van der Waals surface area (Å²) >= 11 is 0. The first-order valence-corrected chi connectivity index (χ1v) is 7.41. The minimum absolute atomic E-state index is 0.00935. The molecule has 4 nitrogen and oxygen atoms in total. The maximum absolute atomic E-state index is 11.0. The predicted octanol–water partition coefficient (Wildman–Crippen LogP) is 0.294. The van der Waals surface area contributed by atoms with E-state index < -0.39 is 19.7 Å². The van der Waals surface area contributed by atoms with Gasteiger partial charge in [0.1, 0.15) is 0 Å². The Labute approximate surface area is 83.4 Å². The van der Waals surface area contributed by atoms with Crippen molar-refractivity contribution in [1.29, 1.82) is 0 Å². The number of hydrogen-bond donors (Lipinski definition) is 0. The Bertz CT molecular complexity index is 472. The molecule has 0 saturated carbocycles. The first-order valence-electron chi connectivity index (χ1n) is 3.63. The molecule has 1 aromatic carbocycles. The van der Waals surface area contributed by atoms with Gasteiger partial charge in [0.2, 0.25) is 0 Å². The molecule has 0 saturated heterocycles. The lowest BCUT2D eigenvalue weighted by Crippen LogP contribution is -2.00. The van der Waals surface area contributed by atoms with E-state index in [1.807, 2.05) is 0 Å². The quantitative estimate of drug-likeness (QED) is 0.736. The molecule has 0 bridgehead atoms. The lowest BCUT2D eigenvalue weighted by atomic mass is 10.4. The number of hydrogen-bond acceptors (Lipinski definition) is 4. The summed E-state index contributed by atoms with van der Waals surface area (Å²) in [5.74, 6) is 0. The Morgan fingerprint density at radius 1 is 1.00 bits per heavy atom. The zero-order chi connectivity index (χ0) is 11.0. The van der Waals surface area contributed by atoms with Gasteiger partial charge in [-0.3, -0.25) is 0 Å². The summed E-state index contributed by atoms with van der Waals surface area (Å²) in [5, 5.41) is 0. The highest BCUT2D eigenvalue weighted by Gasteiger charge is 2.10. The van der Waals surface area contributed by atoms with Crippen LogP contribution in [0.4, 0.5) is 0 Å². The van der Waals surface area contributed by atoms with Gasteiger partial charge in [-0.15, -0.1) is 0 Å². The molecule has 0 spiro atoms. The molecule has 0 aliphatic heterocycles. The van der Waals surface area contributed by atoms with E-state index in [2.05, 4.69) is 6.07 Å². The van der Waals surface area contributed by atoms with Crippen LogP contribution in [0.3, 0.4) is 0 Å². The van der Waals surface area contributed by atoms with E-state index in [0.717, 1.165) is 18.6 Å². The van der Waals surface area contributed by atoms with Crippen LogP contribution in [-0.2, 0) is 19.7 Å². The Balaban J connectivity index is 3.28. The van der Waals surface area contributed by atoms with Crippen LogP contribution >= 0.6 is 0 Å². The van der Waals surface area contributed by atoms with Crippen molar-refractivity contribution < 1.29 is 16.8 Å². The maximum Gasteiger partial charge on any atom is 0.176 e. The predicted molar refractivity (Wildman–Crippen MR) is 51.5 cm³/mol. The molecule has 0 fully saturated rings. The van der Waals surface area contributed by atoms with Crippen LogP contribution in [0.2, 0.25) is 0 Å². The van der Waals surface area contributed by atoms with E-state index in [1.165, 1.54) is 12.1 Å². The molecule has 77 valence electrons. The standard InChI is InChI=1S/C8H9O4S2/c1-13(9,10)7-3-5-8(6-4-7)14(2,11)12/h3-5H,1-2H3. The topological polar surface area (TPSA) is 68.3 Å². The van der Waals surface area contributed by atoms with Gasteiger partial charge in [-0.1, -0.05) is 0 Å². The highest BCUT2D eigenvalue weighted by Crippen LogP contribution is 2.13. The molecule has 1 rings (SSSR count). The molecular weight excluding hydrogens is 224 g/mol. The van der Waals surface area contributed by atoms with E-state index in [-0.39, 0.29) is 9.79 Å². The molecule has 6 heteroatoms. The Kier molecular flexibility index (Phi) is 2.69. The van der Waals surface area contributed by atoms with Crippen molar-refractivity contribution in [2.24, 2.45) is 0 Å². The van der Waals surface area contributed by atoms with E-state index in [4.69, 9.17) is 0 Å². The second kappa shape index (κ2) is 3.36. The average molecular weight is 233 g/mol. The maximum atomic E-state index is 11.0. The highest BCUT2D eigenvalue weighted by atomic mass is 32.2. The zero-order valence-corrected chi connectivity index (χ0v) is 9.31. The molecule has 0 heterocycles. The third-order valence-corrected chi connectivity index (χ3v) is 3.75. The Hall–Kier alpha value is -0.880. The fourth-order valence-corrected chi connectivity index (χ4v) is 2.03. The van der Waals surface area contributed by atoms with Crippen molar-refractivity contribution in [2.45, 2.75) is 9.79 Å². The molecule has 0 amide bonds. The van der Waals surface area contributed by atoms with Gasteiger partial charge in [0.05, 0.1) is 9.79 Å². The fraction of sp³-hybridized carbons (Fsp3) is 0.250. The molecule has 0 aromatic heterocycles. The van der Waals surface area contributed by atoms with Crippen molar-refractivity contribution in [3.05, 3.63) is 24.3 Å². The smallest absolute Gasteiger partial charge is 0.176 e. The summed E-state index contributed by atoms with van der Waals surface area (Å²) < 4.78 is 44.1. The number of benzene rings is 1. The summed E-state index contributed by atoms with van der Waals surface area (Å²) in [6.07, 6.45) is 2.09. The van der Waals surface area contributed by atoms with Crippen molar-refractivity contribution in [3.63, 3.8) is 0 Å². The minimum Gasteiger partial charge on any atom is -0.224 e. The molecule has 0 N–H and O–H groups in total. The Morgan fingerprint density at radius 3 is 1.86 bits per heavy atom. The van der Waals surface area contributed by atoms with Crippen LogP contribution in [-0.4, -0.2) is 29.3 Å². The van der Waals surface area contributed by atoms with Gasteiger partial charge in [0, 0.05) is 18.6 Å². The van der Waals surface area contributed by atoms with Crippen LogP contribution in [0.15, 0.2) is 28.0 Å².